The van der Waals surface area contributed by atoms with Crippen LogP contribution in [0.2, 0.25) is 0 Å². The van der Waals surface area contributed by atoms with Crippen LogP contribution in [0.4, 0.5) is 21.9 Å². The highest BCUT2D eigenvalue weighted by Gasteiger charge is 2.21. The van der Waals surface area contributed by atoms with Crippen molar-refractivity contribution in [1.29, 1.82) is 0 Å². The zero-order chi connectivity index (χ0) is 19.3. The van der Waals surface area contributed by atoms with Crippen LogP contribution in [0.5, 0.6) is 0 Å². The summed E-state index contributed by atoms with van der Waals surface area (Å²) in [5.41, 5.74) is 4.63. The largest absolute Gasteiger partial charge is 0.372 e. The van der Waals surface area contributed by atoms with Gasteiger partial charge in [-0.15, -0.1) is 0 Å². The lowest BCUT2D eigenvalue weighted by Crippen LogP contribution is -2.50. The van der Waals surface area contributed by atoms with Gasteiger partial charge in [0.25, 0.3) is 0 Å². The molecule has 0 aromatic heterocycles. The Morgan fingerprint density at radius 2 is 1.25 bits per heavy atom. The van der Waals surface area contributed by atoms with E-state index < -0.39 is 0 Å². The number of hydrogen-bond donors (Lipinski definition) is 1. The minimum absolute atomic E-state index is 0.00530. The molecular weight excluding hydrogens is 348 g/mol. The zero-order valence-corrected chi connectivity index (χ0v) is 16.7. The number of hydrogen-bond acceptors (Lipinski definition) is 3. The van der Waals surface area contributed by atoms with Gasteiger partial charge in [-0.05, 0) is 62.6 Å². The highest BCUT2D eigenvalue weighted by Crippen LogP contribution is 2.22. The smallest absolute Gasteiger partial charge is 0.321 e. The molecule has 2 aliphatic rings. The maximum atomic E-state index is 12.6. The van der Waals surface area contributed by atoms with E-state index in [2.05, 4.69) is 58.4 Å². The molecule has 2 amide bonds. The van der Waals surface area contributed by atoms with E-state index in [-0.39, 0.29) is 6.03 Å². The zero-order valence-electron chi connectivity index (χ0n) is 16.7. The number of amides is 2. The van der Waals surface area contributed by atoms with Crippen LogP contribution in [0.3, 0.4) is 0 Å². The molecule has 0 radical (unpaired) electrons. The number of piperidine rings is 1. The lowest BCUT2D eigenvalue weighted by atomic mass is 10.1. The summed E-state index contributed by atoms with van der Waals surface area (Å²) in [6.45, 7) is 7.59. The minimum atomic E-state index is -0.00530. The molecule has 0 unspecified atom stereocenters. The van der Waals surface area contributed by atoms with Crippen molar-refractivity contribution < 1.29 is 4.79 Å². The van der Waals surface area contributed by atoms with Gasteiger partial charge in [0.15, 0.2) is 0 Å². The fourth-order valence-electron chi connectivity index (χ4n) is 4.03. The number of urea groups is 1. The second kappa shape index (κ2) is 8.55. The van der Waals surface area contributed by atoms with Gasteiger partial charge in [0.2, 0.25) is 0 Å². The van der Waals surface area contributed by atoms with Crippen LogP contribution >= 0.6 is 0 Å². The Bertz CT molecular complexity index is 773. The van der Waals surface area contributed by atoms with Gasteiger partial charge in [-0.25, -0.2) is 4.79 Å². The first-order valence-electron chi connectivity index (χ1n) is 10.4. The first kappa shape index (κ1) is 18.7. The predicted molar refractivity (Wildman–Crippen MR) is 116 cm³/mol. The second-order valence-corrected chi connectivity index (χ2v) is 7.83. The molecule has 28 heavy (non-hydrogen) atoms. The van der Waals surface area contributed by atoms with Crippen LogP contribution in [0.1, 0.15) is 24.8 Å². The van der Waals surface area contributed by atoms with E-state index in [0.717, 1.165) is 45.0 Å². The summed E-state index contributed by atoms with van der Waals surface area (Å²) >= 11 is 0. The number of carbonyl (C=O) groups excluding carboxylic acids is 1. The van der Waals surface area contributed by atoms with Crippen LogP contribution in [-0.2, 0) is 0 Å². The van der Waals surface area contributed by atoms with Gasteiger partial charge < -0.3 is 20.0 Å². The molecular formula is C23H30N4O. The topological polar surface area (TPSA) is 38.8 Å². The van der Waals surface area contributed by atoms with Crippen LogP contribution < -0.4 is 15.1 Å². The SMILES string of the molecule is Cc1ccc(N2CCN(C(=O)Nc3ccc(N4CCCCC4)cc3)CC2)cc1. The Kier molecular flexibility index (Phi) is 5.70. The van der Waals surface area contributed by atoms with Gasteiger partial charge >= 0.3 is 6.03 Å². The fraction of sp³-hybridized carbons (Fsp3) is 0.435. The van der Waals surface area contributed by atoms with Crippen molar-refractivity contribution in [1.82, 2.24) is 4.90 Å². The molecule has 2 fully saturated rings. The number of rotatable bonds is 3. The molecule has 0 aliphatic carbocycles. The molecule has 0 spiro atoms. The van der Waals surface area contributed by atoms with Crippen molar-refractivity contribution in [2.45, 2.75) is 26.2 Å². The van der Waals surface area contributed by atoms with E-state index in [1.807, 2.05) is 17.0 Å². The fourth-order valence-corrected chi connectivity index (χ4v) is 4.03. The lowest BCUT2D eigenvalue weighted by Gasteiger charge is -2.36. The molecule has 2 aliphatic heterocycles. The van der Waals surface area contributed by atoms with Crippen molar-refractivity contribution >= 4 is 23.1 Å². The summed E-state index contributed by atoms with van der Waals surface area (Å²) < 4.78 is 0. The molecule has 2 heterocycles. The summed E-state index contributed by atoms with van der Waals surface area (Å²) in [6.07, 6.45) is 3.88. The van der Waals surface area contributed by atoms with E-state index in [1.165, 1.54) is 36.2 Å². The van der Waals surface area contributed by atoms with Gasteiger partial charge in [-0.1, -0.05) is 17.7 Å². The van der Waals surface area contributed by atoms with Crippen molar-refractivity contribution in [3.8, 4) is 0 Å². The number of nitrogens with zero attached hydrogens (tertiary/aromatic N) is 3. The minimum Gasteiger partial charge on any atom is -0.372 e. The molecule has 148 valence electrons. The third kappa shape index (κ3) is 4.41. The third-order valence-corrected chi connectivity index (χ3v) is 5.81. The van der Waals surface area contributed by atoms with Crippen LogP contribution in [0.15, 0.2) is 48.5 Å². The summed E-state index contributed by atoms with van der Waals surface area (Å²) in [5, 5.41) is 3.05. The van der Waals surface area contributed by atoms with Crippen molar-refractivity contribution in [3.63, 3.8) is 0 Å². The van der Waals surface area contributed by atoms with E-state index in [4.69, 9.17) is 0 Å². The standard InChI is InChI=1S/C23H30N4O/c1-19-5-9-21(10-6-19)26-15-17-27(18-16-26)23(28)24-20-7-11-22(12-8-20)25-13-3-2-4-14-25/h5-12H,2-4,13-18H2,1H3,(H,24,28). The van der Waals surface area contributed by atoms with Crippen molar-refractivity contribution in [2.75, 3.05) is 54.4 Å². The summed E-state index contributed by atoms with van der Waals surface area (Å²) in [6, 6.07) is 16.9. The Morgan fingerprint density at radius 1 is 0.714 bits per heavy atom. The monoisotopic (exact) mass is 378 g/mol. The van der Waals surface area contributed by atoms with E-state index in [1.54, 1.807) is 0 Å². The van der Waals surface area contributed by atoms with Crippen LogP contribution in [0.25, 0.3) is 0 Å². The van der Waals surface area contributed by atoms with Gasteiger partial charge in [0.1, 0.15) is 0 Å². The average molecular weight is 379 g/mol. The number of aryl methyl sites for hydroxylation is 1. The molecule has 2 aromatic rings. The molecule has 4 rings (SSSR count). The van der Waals surface area contributed by atoms with Gasteiger partial charge in [-0.2, -0.15) is 0 Å². The Hall–Kier alpha value is -2.69. The molecule has 5 heteroatoms. The van der Waals surface area contributed by atoms with Gasteiger partial charge in [0, 0.05) is 56.3 Å². The van der Waals surface area contributed by atoms with Crippen molar-refractivity contribution in [2.24, 2.45) is 0 Å². The average Bonchev–Trinajstić information content (AvgIpc) is 2.75. The van der Waals surface area contributed by atoms with E-state index in [9.17, 15) is 4.79 Å². The number of piperazine rings is 1. The van der Waals surface area contributed by atoms with Gasteiger partial charge in [-0.3, -0.25) is 0 Å². The number of carbonyl (C=O) groups is 1. The van der Waals surface area contributed by atoms with Gasteiger partial charge in [0.05, 0.1) is 0 Å². The normalized spacial score (nSPS) is 17.5. The third-order valence-electron chi connectivity index (χ3n) is 5.81. The molecule has 1 N–H and O–H groups in total. The molecule has 2 saturated heterocycles. The molecule has 0 atom stereocenters. The maximum absolute atomic E-state index is 12.6. The molecule has 2 aromatic carbocycles. The first-order chi connectivity index (χ1) is 13.7. The number of anilines is 3. The molecule has 0 saturated carbocycles. The highest BCUT2D eigenvalue weighted by molar-refractivity contribution is 5.89. The molecule has 0 bridgehead atoms. The first-order valence-corrected chi connectivity index (χ1v) is 10.4. The van der Waals surface area contributed by atoms with Crippen molar-refractivity contribution in [3.05, 3.63) is 54.1 Å². The molecule has 5 nitrogen and oxygen atoms in total. The Balaban J connectivity index is 1.29. The Labute approximate surface area is 167 Å². The Morgan fingerprint density at radius 3 is 1.86 bits per heavy atom. The number of nitrogens with one attached hydrogen (secondary N) is 1. The summed E-state index contributed by atoms with van der Waals surface area (Å²) in [4.78, 5) is 19.3. The maximum Gasteiger partial charge on any atom is 0.321 e. The summed E-state index contributed by atoms with van der Waals surface area (Å²) in [5.74, 6) is 0. The highest BCUT2D eigenvalue weighted by atomic mass is 16.2. The lowest BCUT2D eigenvalue weighted by molar-refractivity contribution is 0.208. The quantitative estimate of drug-likeness (QED) is 0.863. The number of benzene rings is 2. The van der Waals surface area contributed by atoms with E-state index >= 15 is 0 Å². The van der Waals surface area contributed by atoms with Crippen LogP contribution in [-0.4, -0.2) is 50.2 Å². The van der Waals surface area contributed by atoms with E-state index in [0.29, 0.717) is 0 Å². The second-order valence-electron chi connectivity index (χ2n) is 7.83. The summed E-state index contributed by atoms with van der Waals surface area (Å²) in [7, 11) is 0. The van der Waals surface area contributed by atoms with Crippen LogP contribution in [0, 0.1) is 6.92 Å². The predicted octanol–water partition coefficient (Wildman–Crippen LogP) is 4.34.